The van der Waals surface area contributed by atoms with Crippen LogP contribution in [0.3, 0.4) is 0 Å². The standard InChI is InChI=1S/C45H55F3N6O4Si/c1-27(2)59(28(3)4,29(5)6)17-12-33-36(47)11-10-30-18-32(58-26-56-7)19-34(38(30)33)40-39(48)41-35(22-49-40)42(53-15-8-13-44(24-53)21-37(55)52-44)51-43(50-41)57-25-45-14-9-16-54(45)23-31(46)20-45/h10-11,18-19,22,27-29,31H,8-9,13-16,20-21,23-26H2,1-7H3,(H,52,55)/t31-,44?,45+/m1/s1. The van der Waals surface area contributed by atoms with Crippen LogP contribution in [0.1, 0.15) is 85.6 Å². The Morgan fingerprint density at radius 3 is 2.47 bits per heavy atom. The molecule has 0 saturated carbocycles. The van der Waals surface area contributed by atoms with E-state index in [-0.39, 0.29) is 42.1 Å². The van der Waals surface area contributed by atoms with E-state index < -0.39 is 37.0 Å². The molecule has 3 atom stereocenters. The van der Waals surface area contributed by atoms with Crippen LogP contribution in [0, 0.1) is 23.1 Å². The second-order valence-corrected chi connectivity index (χ2v) is 23.7. The summed E-state index contributed by atoms with van der Waals surface area (Å²) in [7, 11) is -0.796. The molecule has 1 unspecified atom stereocenters. The first-order valence-corrected chi connectivity index (χ1v) is 23.3. The number of pyridine rings is 1. The third-order valence-corrected chi connectivity index (χ3v) is 19.9. The van der Waals surface area contributed by atoms with Crippen molar-refractivity contribution in [2.45, 2.75) is 114 Å². The quantitative estimate of drug-likeness (QED) is 0.0691. The molecule has 0 bridgehead atoms. The molecule has 2 aromatic heterocycles. The fourth-order valence-electron chi connectivity index (χ4n) is 10.8. The summed E-state index contributed by atoms with van der Waals surface area (Å²) in [6.07, 6.45) is 4.71. The van der Waals surface area contributed by atoms with Gasteiger partial charge in [0, 0.05) is 50.3 Å². The van der Waals surface area contributed by atoms with Crippen molar-refractivity contribution in [1.29, 1.82) is 0 Å². The number of nitrogens with zero attached hydrogens (tertiary/aromatic N) is 5. The van der Waals surface area contributed by atoms with Crippen LogP contribution >= 0.6 is 0 Å². The fourth-order valence-corrected chi connectivity index (χ4v) is 16.1. The van der Waals surface area contributed by atoms with E-state index in [9.17, 15) is 9.18 Å². The maximum absolute atomic E-state index is 17.7. The normalized spacial score (nSPS) is 23.3. The summed E-state index contributed by atoms with van der Waals surface area (Å²) in [4.78, 5) is 30.6. The number of benzene rings is 2. The first-order valence-electron chi connectivity index (χ1n) is 21.0. The highest BCUT2D eigenvalue weighted by Gasteiger charge is 2.50. The Bertz CT molecular complexity index is 2320. The Kier molecular flexibility index (Phi) is 11.1. The lowest BCUT2D eigenvalue weighted by Crippen LogP contribution is -2.68. The molecule has 1 spiro atoms. The van der Waals surface area contributed by atoms with Crippen LogP contribution in [-0.4, -0.2) is 97.8 Å². The molecule has 314 valence electrons. The number of carbonyl (C=O) groups excluding carboxylic acids is 1. The van der Waals surface area contributed by atoms with Crippen LogP contribution in [0.2, 0.25) is 16.6 Å². The molecule has 0 aliphatic carbocycles. The van der Waals surface area contributed by atoms with Gasteiger partial charge in [-0.05, 0) is 72.4 Å². The molecular weight excluding hydrogens is 774 g/mol. The van der Waals surface area contributed by atoms with Crippen LogP contribution in [0.25, 0.3) is 32.9 Å². The first-order chi connectivity index (χ1) is 28.2. The predicted octanol–water partition coefficient (Wildman–Crippen LogP) is 8.49. The van der Waals surface area contributed by atoms with Gasteiger partial charge in [-0.2, -0.15) is 9.97 Å². The van der Waals surface area contributed by atoms with Gasteiger partial charge in [-0.25, -0.2) is 13.2 Å². The number of rotatable bonds is 11. The van der Waals surface area contributed by atoms with Crippen LogP contribution in [0.5, 0.6) is 11.8 Å². The Labute approximate surface area is 345 Å². The monoisotopic (exact) mass is 828 g/mol. The minimum Gasteiger partial charge on any atom is -0.468 e. The van der Waals surface area contributed by atoms with Gasteiger partial charge in [0.15, 0.2) is 12.6 Å². The van der Waals surface area contributed by atoms with Crippen LogP contribution in [0.15, 0.2) is 30.5 Å². The molecule has 4 aliphatic rings. The van der Waals surface area contributed by atoms with Gasteiger partial charge in [-0.1, -0.05) is 53.5 Å². The fraction of sp³-hybridized carbons (Fsp3) is 0.556. The van der Waals surface area contributed by atoms with Crippen molar-refractivity contribution >= 4 is 41.5 Å². The number of hydrogen-bond donors (Lipinski definition) is 1. The molecule has 10 nitrogen and oxygen atoms in total. The van der Waals surface area contributed by atoms with Gasteiger partial charge in [0.25, 0.3) is 0 Å². The minimum absolute atomic E-state index is 0.000965. The molecule has 4 fully saturated rings. The number of amides is 1. The van der Waals surface area contributed by atoms with Crippen molar-refractivity contribution in [2.75, 3.05) is 51.6 Å². The zero-order valence-electron chi connectivity index (χ0n) is 35.2. The second-order valence-electron chi connectivity index (χ2n) is 18.1. The van der Waals surface area contributed by atoms with Gasteiger partial charge in [0.1, 0.15) is 49.4 Å². The molecule has 0 radical (unpaired) electrons. The Morgan fingerprint density at radius 2 is 1.76 bits per heavy atom. The average Bonchev–Trinajstić information content (AvgIpc) is 3.71. The van der Waals surface area contributed by atoms with Crippen LogP contribution < -0.4 is 19.7 Å². The van der Waals surface area contributed by atoms with Crippen molar-refractivity contribution in [1.82, 2.24) is 25.2 Å². The van der Waals surface area contributed by atoms with E-state index in [1.165, 1.54) is 13.2 Å². The number of ether oxygens (including phenoxy) is 3. The summed E-state index contributed by atoms with van der Waals surface area (Å²) in [5.74, 6) is 2.89. The summed E-state index contributed by atoms with van der Waals surface area (Å²) in [5, 5.41) is 4.48. The average molecular weight is 829 g/mol. The van der Waals surface area contributed by atoms with Crippen molar-refractivity contribution in [2.24, 2.45) is 0 Å². The lowest BCUT2D eigenvalue weighted by molar-refractivity contribution is -0.133. The summed E-state index contributed by atoms with van der Waals surface area (Å²) in [6, 6.07) is 6.43. The number of carbonyl (C=O) groups is 1. The number of anilines is 1. The summed E-state index contributed by atoms with van der Waals surface area (Å²) in [6.45, 7) is 15.6. The molecule has 1 N–H and O–H groups in total. The lowest BCUT2D eigenvalue weighted by Gasteiger charge is -2.49. The van der Waals surface area contributed by atoms with Crippen LogP contribution in [-0.2, 0) is 9.53 Å². The molecule has 2 aromatic carbocycles. The van der Waals surface area contributed by atoms with E-state index in [1.54, 1.807) is 24.4 Å². The number of nitrogens with one attached hydrogen (secondary N) is 1. The zero-order chi connectivity index (χ0) is 41.9. The molecule has 1 amide bonds. The van der Waals surface area contributed by atoms with Gasteiger partial charge in [0.05, 0.1) is 28.4 Å². The smallest absolute Gasteiger partial charge is 0.319 e. The number of halogens is 3. The minimum atomic E-state index is -2.31. The van der Waals surface area contributed by atoms with Crippen molar-refractivity contribution in [3.05, 3.63) is 47.7 Å². The molecule has 6 heterocycles. The number of alkyl halides is 1. The van der Waals surface area contributed by atoms with Gasteiger partial charge in [0.2, 0.25) is 5.91 Å². The Balaban J connectivity index is 1.31. The SMILES string of the molecule is COCOc1cc(-c2ncc3c(N4CCCC5(CC(=O)N5)C4)nc(OC[C@@]45CCCN4C[C@H](F)C5)nc3c2F)c2c(C#C[Si](C(C)C)(C(C)C)C(C)C)c(F)ccc2c1. The molecular formula is C45H55F3N6O4Si. The second kappa shape index (κ2) is 15.9. The maximum Gasteiger partial charge on any atom is 0.319 e. The van der Waals surface area contributed by atoms with E-state index in [4.69, 9.17) is 29.2 Å². The molecule has 59 heavy (non-hydrogen) atoms. The Hall–Kier alpha value is -4.45. The summed E-state index contributed by atoms with van der Waals surface area (Å²) >= 11 is 0. The zero-order valence-corrected chi connectivity index (χ0v) is 36.2. The van der Waals surface area contributed by atoms with E-state index in [1.807, 2.05) is 4.90 Å². The first kappa shape index (κ1) is 41.3. The summed E-state index contributed by atoms with van der Waals surface area (Å²) in [5.41, 5.74) is 4.11. The lowest BCUT2D eigenvalue weighted by atomic mass is 9.80. The van der Waals surface area contributed by atoms with Gasteiger partial charge in [-0.15, -0.1) is 5.54 Å². The number of aromatic nitrogens is 3. The van der Waals surface area contributed by atoms with Crippen molar-refractivity contribution in [3.63, 3.8) is 0 Å². The summed E-state index contributed by atoms with van der Waals surface area (Å²) < 4.78 is 66.2. The Morgan fingerprint density at radius 1 is 1.02 bits per heavy atom. The third kappa shape index (κ3) is 7.31. The maximum atomic E-state index is 17.7. The van der Waals surface area contributed by atoms with Crippen LogP contribution in [0.4, 0.5) is 19.0 Å². The molecule has 4 saturated heterocycles. The van der Waals surface area contributed by atoms with Gasteiger partial charge >= 0.3 is 6.01 Å². The largest absolute Gasteiger partial charge is 0.468 e. The number of β-lactam (4-membered cyclic amide) rings is 1. The van der Waals surface area contributed by atoms with E-state index in [0.717, 1.165) is 32.2 Å². The number of piperidine rings is 1. The topological polar surface area (TPSA) is 102 Å². The van der Waals surface area contributed by atoms with E-state index >= 15 is 8.78 Å². The number of fused-ring (bicyclic) bond motifs is 3. The highest BCUT2D eigenvalue weighted by Crippen LogP contribution is 2.44. The highest BCUT2D eigenvalue weighted by molar-refractivity contribution is 6.90. The van der Waals surface area contributed by atoms with Crippen molar-refractivity contribution < 1.29 is 32.2 Å². The van der Waals surface area contributed by atoms with Crippen molar-refractivity contribution in [3.8, 4) is 34.5 Å². The third-order valence-electron chi connectivity index (χ3n) is 13.6. The van der Waals surface area contributed by atoms with E-state index in [2.05, 4.69) is 63.2 Å². The van der Waals surface area contributed by atoms with Gasteiger partial charge in [-0.3, -0.25) is 14.7 Å². The highest BCUT2D eigenvalue weighted by atomic mass is 28.3. The molecule has 14 heteroatoms. The predicted molar refractivity (Wildman–Crippen MR) is 226 cm³/mol. The molecule has 4 aliphatic heterocycles. The molecule has 4 aromatic rings. The van der Waals surface area contributed by atoms with E-state index in [0.29, 0.717) is 82.4 Å². The number of methoxy groups -OCH3 is 1. The number of hydrogen-bond acceptors (Lipinski definition) is 9. The van der Waals surface area contributed by atoms with Gasteiger partial charge < -0.3 is 24.4 Å². The molecule has 8 rings (SSSR count).